The van der Waals surface area contributed by atoms with Gasteiger partial charge >= 0.3 is 0 Å². The highest BCUT2D eigenvalue weighted by molar-refractivity contribution is 7.93. The van der Waals surface area contributed by atoms with Gasteiger partial charge in [0, 0.05) is 16.3 Å². The number of aliphatic hydroxyl groups excluding tert-OH is 1. The Kier molecular flexibility index (Phi) is 3.77. The van der Waals surface area contributed by atoms with Gasteiger partial charge in [-0.15, -0.1) is 11.3 Å². The molecule has 1 aliphatic rings. The van der Waals surface area contributed by atoms with Gasteiger partial charge in [-0.1, -0.05) is 18.2 Å². The molecule has 0 atom stereocenters. The molecule has 3 rings (SSSR count). The lowest BCUT2D eigenvalue weighted by atomic mass is 10.0. The summed E-state index contributed by atoms with van der Waals surface area (Å²) in [6.45, 7) is 2.16. The molecule has 0 unspecified atom stereocenters. The fourth-order valence-electron chi connectivity index (χ4n) is 2.73. The summed E-state index contributed by atoms with van der Waals surface area (Å²) in [5.41, 5.74) is 1.85. The molecule has 2 heterocycles. The Labute approximate surface area is 128 Å². The van der Waals surface area contributed by atoms with Gasteiger partial charge in [0.1, 0.15) is 4.90 Å². The molecule has 0 saturated carbocycles. The molecule has 6 heteroatoms. The van der Waals surface area contributed by atoms with E-state index in [1.54, 1.807) is 13.0 Å². The fourth-order valence-corrected chi connectivity index (χ4v) is 5.73. The van der Waals surface area contributed by atoms with Crippen LogP contribution in [0.3, 0.4) is 0 Å². The standard InChI is InChI=1S/C15H17NO3S2/c1-11-15(9-13(10-17)20-11)21(18,19)16-8-4-6-12-5-2-3-7-14(12)16/h2-3,5,7,9,17H,4,6,8,10H2,1H3. The van der Waals surface area contributed by atoms with Crippen LogP contribution in [0.2, 0.25) is 0 Å². The van der Waals surface area contributed by atoms with Crippen LogP contribution in [-0.2, 0) is 23.1 Å². The number of aryl methyl sites for hydroxylation is 2. The van der Waals surface area contributed by atoms with Crippen LogP contribution in [0.15, 0.2) is 35.2 Å². The summed E-state index contributed by atoms with van der Waals surface area (Å²) in [5.74, 6) is 0. The van der Waals surface area contributed by atoms with Crippen LogP contribution in [-0.4, -0.2) is 20.1 Å². The molecule has 0 amide bonds. The first-order valence-electron chi connectivity index (χ1n) is 6.85. The predicted octanol–water partition coefficient (Wildman–Crippen LogP) is 2.69. The zero-order valence-electron chi connectivity index (χ0n) is 11.7. The number of hydrogen-bond donors (Lipinski definition) is 1. The molecular weight excluding hydrogens is 306 g/mol. The molecule has 0 fully saturated rings. The summed E-state index contributed by atoms with van der Waals surface area (Å²) in [4.78, 5) is 1.71. The third-order valence-corrected chi connectivity index (χ3v) is 6.82. The van der Waals surface area contributed by atoms with E-state index >= 15 is 0 Å². The number of nitrogens with zero attached hydrogens (tertiary/aromatic N) is 1. The summed E-state index contributed by atoms with van der Waals surface area (Å²) in [5, 5.41) is 9.21. The second-order valence-corrected chi connectivity index (χ2v) is 8.27. The third kappa shape index (κ3) is 2.47. The van der Waals surface area contributed by atoms with E-state index in [2.05, 4.69) is 0 Å². The van der Waals surface area contributed by atoms with E-state index in [0.717, 1.165) is 29.0 Å². The van der Waals surface area contributed by atoms with Gasteiger partial charge in [0.15, 0.2) is 0 Å². The number of aliphatic hydroxyl groups is 1. The van der Waals surface area contributed by atoms with Crippen molar-refractivity contribution in [2.75, 3.05) is 10.8 Å². The van der Waals surface area contributed by atoms with Gasteiger partial charge < -0.3 is 5.11 Å². The first-order valence-corrected chi connectivity index (χ1v) is 9.10. The monoisotopic (exact) mass is 323 g/mol. The molecule has 0 radical (unpaired) electrons. The van der Waals surface area contributed by atoms with Crippen LogP contribution >= 0.6 is 11.3 Å². The van der Waals surface area contributed by atoms with Gasteiger partial charge in [-0.2, -0.15) is 0 Å². The van der Waals surface area contributed by atoms with Gasteiger partial charge in [-0.05, 0) is 37.5 Å². The average molecular weight is 323 g/mol. The molecule has 112 valence electrons. The normalized spacial score (nSPS) is 15.0. The molecule has 0 saturated heterocycles. The lowest BCUT2D eigenvalue weighted by Gasteiger charge is -2.30. The first kappa shape index (κ1) is 14.6. The molecule has 1 aliphatic heterocycles. The van der Waals surface area contributed by atoms with E-state index in [1.165, 1.54) is 15.6 Å². The highest BCUT2D eigenvalue weighted by Gasteiger charge is 2.31. The molecule has 1 aromatic carbocycles. The topological polar surface area (TPSA) is 57.6 Å². The largest absolute Gasteiger partial charge is 0.391 e. The minimum Gasteiger partial charge on any atom is -0.391 e. The van der Waals surface area contributed by atoms with Crippen molar-refractivity contribution in [3.63, 3.8) is 0 Å². The SMILES string of the molecule is Cc1sc(CO)cc1S(=O)(=O)N1CCCc2ccccc21. The molecule has 0 bridgehead atoms. The molecule has 21 heavy (non-hydrogen) atoms. The Bertz CT molecular complexity index is 765. The summed E-state index contributed by atoms with van der Waals surface area (Å²) in [6, 6.07) is 9.24. The van der Waals surface area contributed by atoms with Crippen LogP contribution in [0, 0.1) is 6.92 Å². The number of hydrogen-bond acceptors (Lipinski definition) is 4. The van der Waals surface area contributed by atoms with Crippen molar-refractivity contribution in [3.05, 3.63) is 45.6 Å². The third-order valence-electron chi connectivity index (χ3n) is 3.71. The smallest absolute Gasteiger partial charge is 0.265 e. The highest BCUT2D eigenvalue weighted by Crippen LogP contribution is 2.35. The number of anilines is 1. The van der Waals surface area contributed by atoms with Crippen molar-refractivity contribution in [1.82, 2.24) is 0 Å². The van der Waals surface area contributed by atoms with Crippen LogP contribution < -0.4 is 4.31 Å². The maximum absolute atomic E-state index is 13.0. The van der Waals surface area contributed by atoms with Crippen molar-refractivity contribution in [1.29, 1.82) is 0 Å². The van der Waals surface area contributed by atoms with Crippen molar-refractivity contribution < 1.29 is 13.5 Å². The van der Waals surface area contributed by atoms with E-state index in [4.69, 9.17) is 0 Å². The molecular formula is C15H17NO3S2. The quantitative estimate of drug-likeness (QED) is 0.945. The molecule has 0 spiro atoms. The molecule has 1 aromatic heterocycles. The lowest BCUT2D eigenvalue weighted by molar-refractivity contribution is 0.285. The Hall–Kier alpha value is -1.37. The van der Waals surface area contributed by atoms with E-state index in [1.807, 2.05) is 24.3 Å². The van der Waals surface area contributed by atoms with Gasteiger partial charge in [-0.25, -0.2) is 8.42 Å². The van der Waals surface area contributed by atoms with Crippen molar-refractivity contribution in [3.8, 4) is 0 Å². The summed E-state index contributed by atoms with van der Waals surface area (Å²) in [6.07, 6.45) is 1.74. The maximum atomic E-state index is 13.0. The zero-order valence-corrected chi connectivity index (χ0v) is 13.4. The Morgan fingerprint density at radius 2 is 2.10 bits per heavy atom. The van der Waals surface area contributed by atoms with Gasteiger partial charge in [0.2, 0.25) is 0 Å². The van der Waals surface area contributed by atoms with Crippen LogP contribution in [0.4, 0.5) is 5.69 Å². The predicted molar refractivity (Wildman–Crippen MR) is 84.3 cm³/mol. The Morgan fingerprint density at radius 1 is 1.33 bits per heavy atom. The molecule has 1 N–H and O–H groups in total. The zero-order chi connectivity index (χ0) is 15.0. The number of rotatable bonds is 3. The van der Waals surface area contributed by atoms with Crippen LogP contribution in [0.1, 0.15) is 21.7 Å². The van der Waals surface area contributed by atoms with Crippen molar-refractivity contribution in [2.24, 2.45) is 0 Å². The number of benzene rings is 1. The van der Waals surface area contributed by atoms with Crippen LogP contribution in [0.5, 0.6) is 0 Å². The maximum Gasteiger partial charge on any atom is 0.265 e. The van der Waals surface area contributed by atoms with E-state index < -0.39 is 10.0 Å². The van der Waals surface area contributed by atoms with E-state index in [-0.39, 0.29) is 6.61 Å². The summed E-state index contributed by atoms with van der Waals surface area (Å²) < 4.78 is 27.4. The number of sulfonamides is 1. The minimum atomic E-state index is -3.56. The summed E-state index contributed by atoms with van der Waals surface area (Å²) in [7, 11) is -3.56. The van der Waals surface area contributed by atoms with Gasteiger partial charge in [0.05, 0.1) is 12.3 Å². The van der Waals surface area contributed by atoms with Crippen molar-refractivity contribution >= 4 is 27.0 Å². The average Bonchev–Trinajstić information content (AvgIpc) is 2.88. The summed E-state index contributed by atoms with van der Waals surface area (Å²) >= 11 is 1.33. The Morgan fingerprint density at radius 3 is 2.81 bits per heavy atom. The lowest BCUT2D eigenvalue weighted by Crippen LogP contribution is -2.35. The molecule has 2 aromatic rings. The second kappa shape index (κ2) is 5.44. The first-order chi connectivity index (χ1) is 10.0. The Balaban J connectivity index is 2.09. The highest BCUT2D eigenvalue weighted by atomic mass is 32.2. The molecule has 0 aliphatic carbocycles. The fraction of sp³-hybridized carbons (Fsp3) is 0.333. The van der Waals surface area contributed by atoms with Gasteiger partial charge in [-0.3, -0.25) is 4.31 Å². The van der Waals surface area contributed by atoms with E-state index in [0.29, 0.717) is 16.3 Å². The van der Waals surface area contributed by atoms with Crippen LogP contribution in [0.25, 0.3) is 0 Å². The molecule has 4 nitrogen and oxygen atoms in total. The van der Waals surface area contributed by atoms with Gasteiger partial charge in [0.25, 0.3) is 10.0 Å². The van der Waals surface area contributed by atoms with E-state index in [9.17, 15) is 13.5 Å². The second-order valence-electron chi connectivity index (χ2n) is 5.10. The number of thiophene rings is 1. The van der Waals surface area contributed by atoms with Crippen molar-refractivity contribution in [2.45, 2.75) is 31.3 Å². The number of fused-ring (bicyclic) bond motifs is 1. The minimum absolute atomic E-state index is 0.127. The number of para-hydroxylation sites is 1.